The van der Waals surface area contributed by atoms with Gasteiger partial charge in [-0.1, -0.05) is 17.2 Å². The van der Waals surface area contributed by atoms with Gasteiger partial charge in [0.15, 0.2) is 17.7 Å². The highest BCUT2D eigenvalue weighted by atomic mass is 79.9. The van der Waals surface area contributed by atoms with Crippen LogP contribution in [-0.2, 0) is 6.54 Å². The summed E-state index contributed by atoms with van der Waals surface area (Å²) in [5.41, 5.74) is 3.25. The van der Waals surface area contributed by atoms with Gasteiger partial charge in [0.1, 0.15) is 12.7 Å². The normalized spacial score (nSPS) is 10.6. The first-order chi connectivity index (χ1) is 14.5. The Morgan fingerprint density at radius 3 is 2.13 bits per heavy atom. The van der Waals surface area contributed by atoms with Crippen LogP contribution in [-0.4, -0.2) is 46.3 Å². The lowest BCUT2D eigenvalue weighted by atomic mass is 10.1. The molecular weight excluding hydrogens is 460 g/mol. The summed E-state index contributed by atoms with van der Waals surface area (Å²) in [5, 5.41) is 4.60. The second-order valence-electron chi connectivity index (χ2n) is 7.08. The van der Waals surface area contributed by atoms with E-state index in [2.05, 4.69) is 38.8 Å². The smallest absolute Gasteiger partial charge is 0.279 e. The molecule has 166 valence electrons. The molecule has 7 nitrogen and oxygen atoms in total. The summed E-state index contributed by atoms with van der Waals surface area (Å²) in [7, 11) is 8.90. The Morgan fingerprint density at radius 2 is 1.61 bits per heavy atom. The first-order valence-corrected chi connectivity index (χ1v) is 9.64. The van der Waals surface area contributed by atoms with Crippen LogP contribution >= 0.6 is 0 Å². The molecule has 0 amide bonds. The van der Waals surface area contributed by atoms with E-state index in [1.807, 2.05) is 56.4 Å². The Labute approximate surface area is 194 Å². The third-order valence-corrected chi connectivity index (χ3v) is 4.95. The molecule has 0 saturated heterocycles. The minimum atomic E-state index is 0. The molecule has 0 aliphatic carbocycles. The molecule has 2 aromatic carbocycles. The van der Waals surface area contributed by atoms with Crippen LogP contribution in [0.25, 0.3) is 0 Å². The maximum Gasteiger partial charge on any atom is 0.279 e. The number of benzene rings is 2. The fourth-order valence-corrected chi connectivity index (χ4v) is 3.19. The lowest BCUT2D eigenvalue weighted by molar-refractivity contribution is -0.693. The fraction of sp³-hybridized carbons (Fsp3) is 0.304. The second kappa shape index (κ2) is 10.9. The third kappa shape index (κ3) is 5.58. The monoisotopic (exact) mass is 488 g/mol. The van der Waals surface area contributed by atoms with Gasteiger partial charge in [-0.2, -0.15) is 0 Å². The van der Waals surface area contributed by atoms with E-state index in [-0.39, 0.29) is 17.0 Å². The van der Waals surface area contributed by atoms with Gasteiger partial charge in [0, 0.05) is 32.3 Å². The fourth-order valence-electron chi connectivity index (χ4n) is 3.19. The Hall–Kier alpha value is -3.00. The van der Waals surface area contributed by atoms with E-state index in [0.29, 0.717) is 23.8 Å². The minimum absolute atomic E-state index is 0. The number of rotatable bonds is 8. The summed E-state index contributed by atoms with van der Waals surface area (Å²) in [6, 6.07) is 12.2. The summed E-state index contributed by atoms with van der Waals surface area (Å²) in [5.74, 6) is 2.88. The molecule has 8 heteroatoms. The Bertz CT molecular complexity index is 1000. The summed E-state index contributed by atoms with van der Waals surface area (Å²) in [6.07, 6.45) is 5.80. The number of methoxy groups -OCH3 is 3. The van der Waals surface area contributed by atoms with Gasteiger partial charge in [0.2, 0.25) is 5.75 Å². The van der Waals surface area contributed by atoms with E-state index in [9.17, 15) is 0 Å². The second-order valence-corrected chi connectivity index (χ2v) is 7.08. The zero-order chi connectivity index (χ0) is 21.7. The van der Waals surface area contributed by atoms with Crippen molar-refractivity contribution < 1.29 is 35.8 Å². The van der Waals surface area contributed by atoms with Gasteiger partial charge in [0.25, 0.3) is 5.82 Å². The van der Waals surface area contributed by atoms with Crippen LogP contribution in [0.15, 0.2) is 53.9 Å². The molecule has 31 heavy (non-hydrogen) atoms. The zero-order valence-electron chi connectivity index (χ0n) is 18.8. The van der Waals surface area contributed by atoms with Crippen molar-refractivity contribution >= 4 is 11.9 Å². The predicted octanol–water partition coefficient (Wildman–Crippen LogP) is 0.110. The van der Waals surface area contributed by atoms with E-state index >= 15 is 0 Å². The number of anilines is 1. The number of hydrogen-bond acceptors (Lipinski definition) is 5. The predicted molar refractivity (Wildman–Crippen MR) is 118 cm³/mol. The maximum absolute atomic E-state index is 5.46. The van der Waals surface area contributed by atoms with Crippen molar-refractivity contribution in [2.45, 2.75) is 13.5 Å². The van der Waals surface area contributed by atoms with Crippen molar-refractivity contribution in [1.82, 2.24) is 4.68 Å². The molecule has 1 aromatic heterocycles. The van der Waals surface area contributed by atoms with Crippen LogP contribution in [0.4, 0.5) is 5.69 Å². The van der Waals surface area contributed by atoms with Crippen molar-refractivity contribution in [2.24, 2.45) is 5.10 Å². The standard InChI is InChI=1S/C23H29N4O3.BrH/c1-17-26(16-19-13-21(28-4)23(30-6)22(14-19)29-5)11-12-27(17)24-15-18-7-9-20(10-8-18)25(2)3;/h7-15H,16H2,1-6H3;1H/q+1;/p-1. The van der Waals surface area contributed by atoms with Gasteiger partial charge in [-0.25, -0.2) is 4.57 Å². The van der Waals surface area contributed by atoms with Crippen LogP contribution in [0.2, 0.25) is 0 Å². The molecule has 1 heterocycles. The highest BCUT2D eigenvalue weighted by Crippen LogP contribution is 2.38. The quantitative estimate of drug-likeness (QED) is 0.333. The molecule has 0 aliphatic rings. The Kier molecular flexibility index (Phi) is 8.50. The molecule has 0 atom stereocenters. The summed E-state index contributed by atoms with van der Waals surface area (Å²) in [4.78, 5) is 2.07. The lowest BCUT2D eigenvalue weighted by Crippen LogP contribution is -3.00. The van der Waals surface area contributed by atoms with Crippen molar-refractivity contribution in [1.29, 1.82) is 0 Å². The summed E-state index contributed by atoms with van der Waals surface area (Å²) in [6.45, 7) is 2.69. The first kappa shape index (κ1) is 24.3. The number of aromatic nitrogens is 2. The van der Waals surface area contributed by atoms with Crippen LogP contribution in [0, 0.1) is 6.92 Å². The average Bonchev–Trinajstić information content (AvgIpc) is 3.10. The number of imidazole rings is 1. The Balaban J connectivity index is 0.00000341. The SMILES string of the molecule is COc1cc(C[n+]2ccn(N=Cc3ccc(N(C)C)cc3)c2C)cc(OC)c1OC.[Br-]. The van der Waals surface area contributed by atoms with E-state index in [0.717, 1.165) is 22.6 Å². The van der Waals surface area contributed by atoms with Crippen LogP contribution in [0.5, 0.6) is 17.2 Å². The minimum Gasteiger partial charge on any atom is -1.00 e. The molecule has 0 N–H and O–H groups in total. The van der Waals surface area contributed by atoms with E-state index in [1.54, 1.807) is 21.3 Å². The van der Waals surface area contributed by atoms with Gasteiger partial charge >= 0.3 is 0 Å². The third-order valence-electron chi connectivity index (χ3n) is 4.95. The highest BCUT2D eigenvalue weighted by molar-refractivity contribution is 5.80. The molecule has 0 radical (unpaired) electrons. The van der Waals surface area contributed by atoms with E-state index in [4.69, 9.17) is 14.2 Å². The average molecular weight is 489 g/mol. The van der Waals surface area contributed by atoms with Gasteiger partial charge in [-0.3, -0.25) is 0 Å². The molecule has 0 aliphatic heterocycles. The van der Waals surface area contributed by atoms with E-state index < -0.39 is 0 Å². The van der Waals surface area contributed by atoms with Crippen LogP contribution in [0.1, 0.15) is 17.0 Å². The van der Waals surface area contributed by atoms with Gasteiger partial charge in [-0.05, 0) is 29.8 Å². The van der Waals surface area contributed by atoms with Gasteiger partial charge < -0.3 is 36.1 Å². The summed E-state index contributed by atoms with van der Waals surface area (Å²) < 4.78 is 20.3. The molecule has 0 unspecified atom stereocenters. The van der Waals surface area contributed by atoms with Crippen molar-refractivity contribution in [3.63, 3.8) is 0 Å². The zero-order valence-corrected chi connectivity index (χ0v) is 20.4. The number of halogens is 1. The molecule has 0 fully saturated rings. The molecule has 0 spiro atoms. The topological polar surface area (TPSA) is 52.1 Å². The summed E-state index contributed by atoms with van der Waals surface area (Å²) >= 11 is 0. The molecule has 3 aromatic rings. The van der Waals surface area contributed by atoms with Crippen molar-refractivity contribution in [2.75, 3.05) is 40.3 Å². The molecule has 0 saturated carbocycles. The van der Waals surface area contributed by atoms with Crippen molar-refractivity contribution in [3.8, 4) is 17.2 Å². The molecule has 3 rings (SSSR count). The van der Waals surface area contributed by atoms with Gasteiger partial charge in [-0.15, -0.1) is 4.68 Å². The van der Waals surface area contributed by atoms with Crippen LogP contribution in [0.3, 0.4) is 0 Å². The highest BCUT2D eigenvalue weighted by Gasteiger charge is 2.17. The number of ether oxygens (including phenoxy) is 3. The lowest BCUT2D eigenvalue weighted by Gasteiger charge is -2.13. The Morgan fingerprint density at radius 1 is 1.00 bits per heavy atom. The maximum atomic E-state index is 5.46. The molecule has 0 bridgehead atoms. The van der Waals surface area contributed by atoms with E-state index in [1.165, 1.54) is 0 Å². The van der Waals surface area contributed by atoms with Crippen LogP contribution < -0.4 is 40.7 Å². The largest absolute Gasteiger partial charge is 1.00 e. The number of hydrogen-bond donors (Lipinski definition) is 0. The van der Waals surface area contributed by atoms with Crippen molar-refractivity contribution in [3.05, 3.63) is 65.7 Å². The molecular formula is C23H29BrN4O3. The first-order valence-electron chi connectivity index (χ1n) is 9.64. The number of nitrogens with zero attached hydrogens (tertiary/aromatic N) is 4. The van der Waals surface area contributed by atoms with Gasteiger partial charge in [0.05, 0.1) is 27.5 Å².